The molecule has 4 rings (SSSR count). The fraction of sp³-hybridized carbons (Fsp3) is 0.217. The summed E-state index contributed by atoms with van der Waals surface area (Å²) in [5.41, 5.74) is 4.33. The van der Waals surface area contributed by atoms with Crippen molar-refractivity contribution >= 4 is 28.6 Å². The number of Topliss-reactive ketones (excluding diaryl/α,β-unsaturated/α-hetero) is 1. The SMILES string of the molecule is Cc1ccc2nc(SCC(=O)c3cc(C)n(-c4cccc(C(F)(F)F)c4)c3C)[nH]c2c1. The van der Waals surface area contributed by atoms with Crippen molar-refractivity contribution in [2.45, 2.75) is 32.1 Å². The predicted octanol–water partition coefficient (Wildman–Crippen LogP) is 6.27. The first kappa shape index (κ1) is 21.2. The van der Waals surface area contributed by atoms with E-state index in [1.54, 1.807) is 30.5 Å². The van der Waals surface area contributed by atoms with Gasteiger partial charge in [0.15, 0.2) is 10.9 Å². The molecule has 0 radical (unpaired) electrons. The summed E-state index contributed by atoms with van der Waals surface area (Å²) in [6.45, 7) is 5.52. The van der Waals surface area contributed by atoms with Crippen molar-refractivity contribution in [3.63, 3.8) is 0 Å². The molecule has 0 atom stereocenters. The van der Waals surface area contributed by atoms with Crippen LogP contribution in [0.3, 0.4) is 0 Å². The molecule has 2 heterocycles. The summed E-state index contributed by atoms with van der Waals surface area (Å²) >= 11 is 1.31. The van der Waals surface area contributed by atoms with Gasteiger partial charge >= 0.3 is 6.18 Å². The number of carbonyl (C=O) groups is 1. The van der Waals surface area contributed by atoms with Crippen molar-refractivity contribution in [3.8, 4) is 5.69 Å². The van der Waals surface area contributed by atoms with Crippen LogP contribution in [0.1, 0.15) is 32.9 Å². The number of aromatic nitrogens is 3. The molecule has 0 aliphatic rings. The molecule has 0 fully saturated rings. The van der Waals surface area contributed by atoms with Crippen LogP contribution >= 0.6 is 11.8 Å². The number of ketones is 1. The Morgan fingerprint density at radius 3 is 2.61 bits per heavy atom. The van der Waals surface area contributed by atoms with Crippen LogP contribution in [-0.4, -0.2) is 26.1 Å². The number of nitrogens with zero attached hydrogens (tertiary/aromatic N) is 2. The number of aromatic amines is 1. The van der Waals surface area contributed by atoms with E-state index in [2.05, 4.69) is 9.97 Å². The van der Waals surface area contributed by atoms with Gasteiger partial charge in [0.1, 0.15) is 0 Å². The van der Waals surface area contributed by atoms with Gasteiger partial charge in [-0.05, 0) is 62.7 Å². The Morgan fingerprint density at radius 2 is 1.87 bits per heavy atom. The van der Waals surface area contributed by atoms with Gasteiger partial charge in [0.25, 0.3) is 0 Å². The molecule has 31 heavy (non-hydrogen) atoms. The van der Waals surface area contributed by atoms with Gasteiger partial charge in [-0.25, -0.2) is 4.98 Å². The minimum Gasteiger partial charge on any atom is -0.333 e. The number of aryl methyl sites for hydroxylation is 2. The summed E-state index contributed by atoms with van der Waals surface area (Å²) < 4.78 is 41.0. The minimum absolute atomic E-state index is 0.104. The highest BCUT2D eigenvalue weighted by atomic mass is 32.2. The molecule has 0 unspecified atom stereocenters. The van der Waals surface area contributed by atoms with Crippen molar-refractivity contribution in [1.82, 2.24) is 14.5 Å². The highest BCUT2D eigenvalue weighted by Gasteiger charge is 2.30. The molecule has 1 N–H and O–H groups in total. The lowest BCUT2D eigenvalue weighted by Crippen LogP contribution is -2.08. The zero-order valence-corrected chi connectivity index (χ0v) is 18.0. The highest BCUT2D eigenvalue weighted by molar-refractivity contribution is 7.99. The Kier molecular flexibility index (Phi) is 5.43. The summed E-state index contributed by atoms with van der Waals surface area (Å²) in [4.78, 5) is 20.6. The second kappa shape index (κ2) is 7.92. The molecule has 0 bridgehead atoms. The van der Waals surface area contributed by atoms with Gasteiger partial charge in [-0.2, -0.15) is 13.2 Å². The normalized spacial score (nSPS) is 11.9. The van der Waals surface area contributed by atoms with E-state index in [1.165, 1.54) is 17.8 Å². The summed E-state index contributed by atoms with van der Waals surface area (Å²) in [7, 11) is 0. The van der Waals surface area contributed by atoms with Crippen molar-refractivity contribution in [1.29, 1.82) is 0 Å². The fourth-order valence-electron chi connectivity index (χ4n) is 3.64. The molecule has 4 nitrogen and oxygen atoms in total. The summed E-state index contributed by atoms with van der Waals surface area (Å²) in [6, 6.07) is 12.7. The average molecular weight is 443 g/mol. The molecule has 0 spiro atoms. The fourth-order valence-corrected chi connectivity index (χ4v) is 4.41. The second-order valence-corrected chi connectivity index (χ2v) is 8.41. The topological polar surface area (TPSA) is 50.7 Å². The lowest BCUT2D eigenvalue weighted by Gasteiger charge is -2.13. The van der Waals surface area contributed by atoms with E-state index in [1.807, 2.05) is 25.1 Å². The van der Waals surface area contributed by atoms with Crippen LogP contribution in [0.2, 0.25) is 0 Å². The van der Waals surface area contributed by atoms with E-state index in [0.29, 0.717) is 27.8 Å². The maximum atomic E-state index is 13.1. The van der Waals surface area contributed by atoms with Crippen molar-refractivity contribution < 1.29 is 18.0 Å². The summed E-state index contributed by atoms with van der Waals surface area (Å²) in [5.74, 6) is 0.0686. The Morgan fingerprint density at radius 1 is 1.10 bits per heavy atom. The number of nitrogens with one attached hydrogen (secondary N) is 1. The van der Waals surface area contributed by atoms with Crippen molar-refractivity contribution in [2.75, 3.05) is 5.75 Å². The Balaban J connectivity index is 1.57. The molecular weight excluding hydrogens is 423 g/mol. The van der Waals surface area contributed by atoms with Gasteiger partial charge in [0.2, 0.25) is 0 Å². The number of hydrogen-bond donors (Lipinski definition) is 1. The maximum Gasteiger partial charge on any atom is 0.416 e. The smallest absolute Gasteiger partial charge is 0.333 e. The standard InChI is InChI=1S/C23H20F3N3OS/c1-13-7-8-19-20(9-13)28-22(27-19)31-12-21(30)18-10-14(2)29(15(18)3)17-6-4-5-16(11-17)23(24,25)26/h4-11H,12H2,1-3H3,(H,27,28). The van der Waals surface area contributed by atoms with Crippen LogP contribution < -0.4 is 0 Å². The van der Waals surface area contributed by atoms with E-state index < -0.39 is 11.7 Å². The van der Waals surface area contributed by atoms with E-state index in [0.717, 1.165) is 28.7 Å². The van der Waals surface area contributed by atoms with Crippen LogP contribution in [0.5, 0.6) is 0 Å². The minimum atomic E-state index is -4.43. The first-order valence-electron chi connectivity index (χ1n) is 9.62. The van der Waals surface area contributed by atoms with Crippen molar-refractivity contribution in [2.24, 2.45) is 0 Å². The average Bonchev–Trinajstić information content (AvgIpc) is 3.25. The molecule has 0 amide bonds. The number of carbonyl (C=O) groups excluding carboxylic acids is 1. The molecular formula is C23H20F3N3OS. The third-order valence-electron chi connectivity index (χ3n) is 5.12. The maximum absolute atomic E-state index is 13.1. The van der Waals surface area contributed by atoms with Gasteiger partial charge in [-0.1, -0.05) is 23.9 Å². The second-order valence-electron chi connectivity index (χ2n) is 7.44. The number of thioether (sulfide) groups is 1. The molecule has 4 aromatic rings. The first-order valence-corrected chi connectivity index (χ1v) is 10.6. The number of H-pyrrole nitrogens is 1. The van der Waals surface area contributed by atoms with Gasteiger partial charge in [0, 0.05) is 22.6 Å². The molecule has 2 aromatic heterocycles. The number of alkyl halides is 3. The molecule has 0 aliphatic heterocycles. The molecule has 2 aromatic carbocycles. The van der Waals surface area contributed by atoms with Crippen LogP contribution in [0.25, 0.3) is 16.7 Å². The van der Waals surface area contributed by atoms with E-state index in [4.69, 9.17) is 0 Å². The molecule has 0 saturated heterocycles. The highest BCUT2D eigenvalue weighted by Crippen LogP contribution is 2.32. The lowest BCUT2D eigenvalue weighted by molar-refractivity contribution is -0.137. The van der Waals surface area contributed by atoms with Crippen LogP contribution in [0.4, 0.5) is 13.2 Å². The van der Waals surface area contributed by atoms with Gasteiger partial charge in [0.05, 0.1) is 22.3 Å². The number of benzene rings is 2. The van der Waals surface area contributed by atoms with E-state index in [9.17, 15) is 18.0 Å². The predicted molar refractivity (Wildman–Crippen MR) is 116 cm³/mol. The van der Waals surface area contributed by atoms with Crippen LogP contribution in [0, 0.1) is 20.8 Å². The first-order chi connectivity index (χ1) is 14.6. The Hall–Kier alpha value is -3.00. The molecule has 0 aliphatic carbocycles. The van der Waals surface area contributed by atoms with Gasteiger partial charge in [-0.15, -0.1) is 0 Å². The van der Waals surface area contributed by atoms with Crippen molar-refractivity contribution in [3.05, 3.63) is 76.6 Å². The zero-order valence-electron chi connectivity index (χ0n) is 17.2. The molecule has 160 valence electrons. The monoisotopic (exact) mass is 443 g/mol. The lowest BCUT2D eigenvalue weighted by atomic mass is 10.1. The molecule has 8 heteroatoms. The van der Waals surface area contributed by atoms with Crippen LogP contribution in [-0.2, 0) is 6.18 Å². The summed E-state index contributed by atoms with van der Waals surface area (Å²) in [6.07, 6.45) is -4.43. The Bertz CT molecular complexity index is 1290. The number of halogens is 3. The Labute approximate surface area is 181 Å². The zero-order chi connectivity index (χ0) is 22.3. The number of fused-ring (bicyclic) bond motifs is 1. The summed E-state index contributed by atoms with van der Waals surface area (Å²) in [5, 5.41) is 0.653. The van der Waals surface area contributed by atoms with Crippen LogP contribution in [0.15, 0.2) is 53.7 Å². The van der Waals surface area contributed by atoms with E-state index >= 15 is 0 Å². The quantitative estimate of drug-likeness (QED) is 0.292. The third kappa shape index (κ3) is 4.25. The van der Waals surface area contributed by atoms with Gasteiger partial charge in [-0.3, -0.25) is 4.79 Å². The number of rotatable bonds is 5. The van der Waals surface area contributed by atoms with Gasteiger partial charge < -0.3 is 9.55 Å². The number of imidazole rings is 1. The third-order valence-corrected chi connectivity index (χ3v) is 5.99. The van der Waals surface area contributed by atoms with E-state index in [-0.39, 0.29) is 11.5 Å². The molecule has 0 saturated carbocycles. The largest absolute Gasteiger partial charge is 0.416 e. The number of hydrogen-bond acceptors (Lipinski definition) is 3.